The standard InChI is InChI=1S/C10H13NO5S/c1-15-10(14)8-3-2-6(16-8)4-17-5-7(11)9(12)13/h2-3,7H,4-5,11H2,1H3,(H,12,13). The molecule has 0 saturated carbocycles. The molecule has 94 valence electrons. The van der Waals surface area contributed by atoms with Gasteiger partial charge in [-0.05, 0) is 12.1 Å². The predicted octanol–water partition coefficient (Wildman–Crippen LogP) is 0.711. The lowest BCUT2D eigenvalue weighted by Crippen LogP contribution is -2.32. The van der Waals surface area contributed by atoms with Gasteiger partial charge in [-0.3, -0.25) is 4.79 Å². The number of esters is 1. The molecule has 7 heteroatoms. The van der Waals surface area contributed by atoms with E-state index in [1.54, 1.807) is 6.07 Å². The van der Waals surface area contributed by atoms with Gasteiger partial charge in [-0.15, -0.1) is 0 Å². The number of hydrogen-bond donors (Lipinski definition) is 2. The Balaban J connectivity index is 2.40. The van der Waals surface area contributed by atoms with Crippen LogP contribution in [-0.2, 0) is 15.3 Å². The number of nitrogens with two attached hydrogens (primary N) is 1. The number of methoxy groups -OCH3 is 1. The van der Waals surface area contributed by atoms with Crippen LogP contribution in [0.3, 0.4) is 0 Å². The van der Waals surface area contributed by atoms with Crippen LogP contribution < -0.4 is 5.73 Å². The third-order valence-electron chi connectivity index (χ3n) is 1.91. The Kier molecular flexibility index (Phi) is 5.05. The Morgan fingerprint density at radius 3 is 2.88 bits per heavy atom. The molecule has 0 aliphatic carbocycles. The molecule has 1 aromatic heterocycles. The van der Waals surface area contributed by atoms with Gasteiger partial charge in [0.1, 0.15) is 11.8 Å². The van der Waals surface area contributed by atoms with Crippen molar-refractivity contribution in [2.75, 3.05) is 12.9 Å². The molecular weight excluding hydrogens is 246 g/mol. The van der Waals surface area contributed by atoms with Crippen LogP contribution in [0.2, 0.25) is 0 Å². The number of carboxylic acids is 1. The molecule has 3 N–H and O–H groups in total. The Bertz CT molecular complexity index is 403. The molecule has 1 atom stereocenters. The minimum absolute atomic E-state index is 0.130. The van der Waals surface area contributed by atoms with Crippen molar-refractivity contribution in [2.24, 2.45) is 5.73 Å². The van der Waals surface area contributed by atoms with E-state index in [4.69, 9.17) is 15.3 Å². The summed E-state index contributed by atoms with van der Waals surface area (Å²) in [5.74, 6) is -0.129. The van der Waals surface area contributed by atoms with E-state index in [-0.39, 0.29) is 11.5 Å². The molecule has 1 unspecified atom stereocenters. The highest BCUT2D eigenvalue weighted by Crippen LogP contribution is 2.16. The van der Waals surface area contributed by atoms with Gasteiger partial charge in [0.25, 0.3) is 0 Å². The first-order valence-corrected chi connectivity index (χ1v) is 5.93. The number of ether oxygens (including phenoxy) is 1. The van der Waals surface area contributed by atoms with Gasteiger partial charge < -0.3 is 20.0 Å². The van der Waals surface area contributed by atoms with Crippen molar-refractivity contribution in [3.8, 4) is 0 Å². The zero-order chi connectivity index (χ0) is 12.8. The number of thioether (sulfide) groups is 1. The summed E-state index contributed by atoms with van der Waals surface area (Å²) in [7, 11) is 1.27. The van der Waals surface area contributed by atoms with Gasteiger partial charge in [-0.1, -0.05) is 0 Å². The highest BCUT2D eigenvalue weighted by atomic mass is 32.2. The second kappa shape index (κ2) is 6.31. The Morgan fingerprint density at radius 1 is 1.59 bits per heavy atom. The lowest BCUT2D eigenvalue weighted by atomic mass is 10.4. The first-order chi connectivity index (χ1) is 8.04. The molecule has 1 heterocycles. The van der Waals surface area contributed by atoms with E-state index in [0.717, 1.165) is 0 Å². The smallest absolute Gasteiger partial charge is 0.373 e. The summed E-state index contributed by atoms with van der Waals surface area (Å²) < 4.78 is 9.68. The monoisotopic (exact) mass is 259 g/mol. The number of aliphatic carboxylic acids is 1. The zero-order valence-corrected chi connectivity index (χ0v) is 10.0. The molecular formula is C10H13NO5S. The molecule has 0 spiro atoms. The SMILES string of the molecule is COC(=O)c1ccc(CSCC(N)C(=O)O)o1. The molecule has 0 aliphatic heterocycles. The van der Waals surface area contributed by atoms with Crippen molar-refractivity contribution in [1.29, 1.82) is 0 Å². The Hall–Kier alpha value is -1.47. The fraction of sp³-hybridized carbons (Fsp3) is 0.400. The molecule has 0 saturated heterocycles. The second-order valence-electron chi connectivity index (χ2n) is 3.22. The van der Waals surface area contributed by atoms with Crippen LogP contribution in [0.25, 0.3) is 0 Å². The first kappa shape index (κ1) is 13.6. The number of carbonyl (C=O) groups excluding carboxylic acids is 1. The van der Waals surface area contributed by atoms with Crippen LogP contribution in [0.1, 0.15) is 16.3 Å². The van der Waals surface area contributed by atoms with E-state index >= 15 is 0 Å². The molecule has 1 aromatic rings. The van der Waals surface area contributed by atoms with E-state index in [0.29, 0.717) is 11.5 Å². The minimum Gasteiger partial charge on any atom is -0.480 e. The van der Waals surface area contributed by atoms with Gasteiger partial charge in [0, 0.05) is 5.75 Å². The van der Waals surface area contributed by atoms with Crippen molar-refractivity contribution in [2.45, 2.75) is 11.8 Å². The lowest BCUT2D eigenvalue weighted by molar-refractivity contribution is -0.137. The summed E-state index contributed by atoms with van der Waals surface area (Å²) in [6, 6.07) is 2.26. The zero-order valence-electron chi connectivity index (χ0n) is 9.21. The third-order valence-corrected chi connectivity index (χ3v) is 2.99. The van der Waals surface area contributed by atoms with E-state index in [1.165, 1.54) is 24.9 Å². The highest BCUT2D eigenvalue weighted by molar-refractivity contribution is 7.98. The van der Waals surface area contributed by atoms with Crippen molar-refractivity contribution in [3.63, 3.8) is 0 Å². The molecule has 0 radical (unpaired) electrons. The number of carboxylic acid groups (broad SMARTS) is 1. The molecule has 6 nitrogen and oxygen atoms in total. The van der Waals surface area contributed by atoms with Crippen LogP contribution in [0.15, 0.2) is 16.5 Å². The van der Waals surface area contributed by atoms with Gasteiger partial charge >= 0.3 is 11.9 Å². The first-order valence-electron chi connectivity index (χ1n) is 4.77. The summed E-state index contributed by atoms with van der Waals surface area (Å²) in [4.78, 5) is 21.5. The van der Waals surface area contributed by atoms with Crippen molar-refractivity contribution in [3.05, 3.63) is 23.7 Å². The number of furan rings is 1. The second-order valence-corrected chi connectivity index (χ2v) is 4.25. The van der Waals surface area contributed by atoms with Crippen molar-refractivity contribution >= 4 is 23.7 Å². The molecule has 17 heavy (non-hydrogen) atoms. The van der Waals surface area contributed by atoms with Gasteiger partial charge in [0.2, 0.25) is 5.76 Å². The molecule has 0 bridgehead atoms. The minimum atomic E-state index is -1.04. The lowest BCUT2D eigenvalue weighted by Gasteiger charge is -2.04. The summed E-state index contributed by atoms with van der Waals surface area (Å²) in [5.41, 5.74) is 5.33. The van der Waals surface area contributed by atoms with E-state index in [2.05, 4.69) is 4.74 Å². The summed E-state index contributed by atoms with van der Waals surface area (Å²) in [6.07, 6.45) is 0. The summed E-state index contributed by atoms with van der Waals surface area (Å²) in [5, 5.41) is 8.57. The highest BCUT2D eigenvalue weighted by Gasteiger charge is 2.13. The fourth-order valence-corrected chi connectivity index (χ4v) is 1.89. The van der Waals surface area contributed by atoms with Crippen LogP contribution >= 0.6 is 11.8 Å². The topological polar surface area (TPSA) is 103 Å². The van der Waals surface area contributed by atoms with Crippen LogP contribution in [0.5, 0.6) is 0 Å². The molecule has 0 fully saturated rings. The molecule has 0 aliphatic rings. The largest absolute Gasteiger partial charge is 0.480 e. The Labute approximate surface area is 102 Å². The van der Waals surface area contributed by atoms with Crippen molar-refractivity contribution < 1.29 is 23.8 Å². The normalized spacial score (nSPS) is 12.1. The van der Waals surface area contributed by atoms with Gasteiger partial charge in [0.05, 0.1) is 12.9 Å². The predicted molar refractivity (Wildman–Crippen MR) is 61.8 cm³/mol. The fourth-order valence-electron chi connectivity index (χ4n) is 1.02. The van der Waals surface area contributed by atoms with Gasteiger partial charge in [0.15, 0.2) is 0 Å². The maximum Gasteiger partial charge on any atom is 0.373 e. The number of carbonyl (C=O) groups is 2. The van der Waals surface area contributed by atoms with E-state index in [1.807, 2.05) is 0 Å². The van der Waals surface area contributed by atoms with Gasteiger partial charge in [-0.2, -0.15) is 11.8 Å². The third kappa shape index (κ3) is 4.12. The van der Waals surface area contributed by atoms with Crippen molar-refractivity contribution in [1.82, 2.24) is 0 Å². The van der Waals surface area contributed by atoms with Crippen LogP contribution in [0, 0.1) is 0 Å². The average Bonchev–Trinajstić information content (AvgIpc) is 2.76. The van der Waals surface area contributed by atoms with E-state index < -0.39 is 18.0 Å². The quantitative estimate of drug-likeness (QED) is 0.725. The maximum absolute atomic E-state index is 11.1. The van der Waals surface area contributed by atoms with Crippen LogP contribution in [0.4, 0.5) is 0 Å². The molecule has 1 rings (SSSR count). The average molecular weight is 259 g/mol. The van der Waals surface area contributed by atoms with E-state index in [9.17, 15) is 9.59 Å². The number of hydrogen-bond acceptors (Lipinski definition) is 6. The Morgan fingerprint density at radius 2 is 2.29 bits per heavy atom. The summed E-state index contributed by atoms with van der Waals surface area (Å²) >= 11 is 1.32. The summed E-state index contributed by atoms with van der Waals surface area (Å²) in [6.45, 7) is 0. The van der Waals surface area contributed by atoms with Crippen LogP contribution in [-0.4, -0.2) is 35.9 Å². The molecule has 0 amide bonds. The number of rotatable bonds is 6. The molecule has 0 aromatic carbocycles. The van der Waals surface area contributed by atoms with Gasteiger partial charge in [-0.25, -0.2) is 4.79 Å². The maximum atomic E-state index is 11.1.